The van der Waals surface area contributed by atoms with Gasteiger partial charge in [0.25, 0.3) is 0 Å². The first kappa shape index (κ1) is 16.7. The van der Waals surface area contributed by atoms with Crippen LogP contribution >= 0.6 is 22.9 Å². The summed E-state index contributed by atoms with van der Waals surface area (Å²) in [7, 11) is 0. The van der Waals surface area contributed by atoms with E-state index in [1.165, 1.54) is 4.88 Å². The summed E-state index contributed by atoms with van der Waals surface area (Å²) in [5.74, 6) is 0.374. The molecular weight excluding hydrogens is 306 g/mol. The minimum atomic E-state index is 0.0937. The van der Waals surface area contributed by atoms with Gasteiger partial charge in [-0.15, -0.1) is 11.3 Å². The van der Waals surface area contributed by atoms with Gasteiger partial charge < -0.3 is 10.6 Å². The van der Waals surface area contributed by atoms with E-state index in [0.29, 0.717) is 6.54 Å². The van der Waals surface area contributed by atoms with E-state index in [2.05, 4.69) is 11.0 Å². The highest BCUT2D eigenvalue weighted by atomic mass is 35.5. The molecule has 2 rings (SSSR count). The molecule has 1 aromatic rings. The minimum Gasteiger partial charge on any atom is -0.340 e. The Morgan fingerprint density at radius 1 is 1.38 bits per heavy atom. The fourth-order valence-electron chi connectivity index (χ4n) is 2.64. The van der Waals surface area contributed by atoms with E-state index >= 15 is 0 Å². The summed E-state index contributed by atoms with van der Waals surface area (Å²) >= 11 is 7.59. The van der Waals surface area contributed by atoms with E-state index in [1.807, 2.05) is 17.9 Å². The number of carbonyl (C=O) groups is 1. The van der Waals surface area contributed by atoms with Gasteiger partial charge in [0.05, 0.1) is 4.34 Å². The van der Waals surface area contributed by atoms with Gasteiger partial charge >= 0.3 is 0 Å². The van der Waals surface area contributed by atoms with E-state index in [-0.39, 0.29) is 11.8 Å². The fraction of sp³-hybridized carbons (Fsp3) is 0.667. The number of nitrogens with zero attached hydrogens (tertiary/aromatic N) is 2. The van der Waals surface area contributed by atoms with Crippen LogP contribution in [0.5, 0.6) is 0 Å². The van der Waals surface area contributed by atoms with Crippen LogP contribution in [-0.2, 0) is 11.3 Å². The van der Waals surface area contributed by atoms with Gasteiger partial charge in [-0.1, -0.05) is 18.5 Å². The molecule has 0 aromatic carbocycles. The van der Waals surface area contributed by atoms with Crippen LogP contribution in [0.2, 0.25) is 4.34 Å². The molecule has 1 atom stereocenters. The Labute approximate surface area is 135 Å². The second-order valence-electron chi connectivity index (χ2n) is 5.64. The second-order valence-corrected chi connectivity index (χ2v) is 7.44. The first-order valence-electron chi connectivity index (χ1n) is 7.55. The number of carbonyl (C=O) groups excluding carboxylic acids is 1. The third-order valence-corrected chi connectivity index (χ3v) is 5.17. The lowest BCUT2D eigenvalue weighted by atomic mass is 10.0. The van der Waals surface area contributed by atoms with Crippen LogP contribution in [0.3, 0.4) is 0 Å². The topological polar surface area (TPSA) is 49.6 Å². The van der Waals surface area contributed by atoms with E-state index in [4.69, 9.17) is 17.3 Å². The molecule has 1 fully saturated rings. The van der Waals surface area contributed by atoms with Gasteiger partial charge in [0.2, 0.25) is 5.91 Å². The van der Waals surface area contributed by atoms with Gasteiger partial charge in [0.1, 0.15) is 0 Å². The normalized spacial score (nSPS) is 18.0. The van der Waals surface area contributed by atoms with Crippen molar-refractivity contribution in [1.29, 1.82) is 0 Å². The van der Waals surface area contributed by atoms with Crippen molar-refractivity contribution in [1.82, 2.24) is 9.80 Å². The monoisotopic (exact) mass is 329 g/mol. The first-order valence-corrected chi connectivity index (χ1v) is 8.75. The third-order valence-electron chi connectivity index (χ3n) is 3.96. The molecule has 0 spiro atoms. The number of nitrogens with two attached hydrogens (primary N) is 1. The molecule has 1 aliphatic rings. The summed E-state index contributed by atoms with van der Waals surface area (Å²) in [5, 5.41) is 0. The molecule has 6 heteroatoms. The highest BCUT2D eigenvalue weighted by Crippen LogP contribution is 2.23. The molecule has 0 bridgehead atoms. The Hall–Kier alpha value is -0.620. The highest BCUT2D eigenvalue weighted by Gasteiger charge is 2.24. The fourth-order valence-corrected chi connectivity index (χ4v) is 3.77. The average molecular weight is 330 g/mol. The Balaban J connectivity index is 1.76. The molecule has 1 aromatic heterocycles. The quantitative estimate of drug-likeness (QED) is 0.872. The zero-order valence-electron chi connectivity index (χ0n) is 12.6. The standard InChI is InChI=1S/C15H24ClN3OS/c1-12(3-2-6-17)15(20)19-9-7-18(8-10-19)11-13-4-5-14(16)21-13/h4-5,12H,2-3,6-11,17H2,1H3. The lowest BCUT2D eigenvalue weighted by Gasteiger charge is -2.35. The molecule has 2 heterocycles. The van der Waals surface area contributed by atoms with Crippen molar-refractivity contribution < 1.29 is 4.79 Å². The van der Waals surface area contributed by atoms with Crippen molar-refractivity contribution in [3.05, 3.63) is 21.3 Å². The molecule has 118 valence electrons. The SMILES string of the molecule is CC(CCCN)C(=O)N1CCN(Cc2ccc(Cl)s2)CC1. The summed E-state index contributed by atoms with van der Waals surface area (Å²) < 4.78 is 0.840. The zero-order valence-corrected chi connectivity index (χ0v) is 14.1. The summed E-state index contributed by atoms with van der Waals surface area (Å²) in [6.07, 6.45) is 1.81. The summed E-state index contributed by atoms with van der Waals surface area (Å²) in [6, 6.07) is 4.03. The number of halogens is 1. The van der Waals surface area contributed by atoms with Crippen LogP contribution in [0.4, 0.5) is 0 Å². The van der Waals surface area contributed by atoms with Crippen LogP contribution in [0.15, 0.2) is 12.1 Å². The second kappa shape index (κ2) is 8.13. The predicted molar refractivity (Wildman–Crippen MR) is 88.6 cm³/mol. The van der Waals surface area contributed by atoms with Crippen molar-refractivity contribution in [2.45, 2.75) is 26.3 Å². The highest BCUT2D eigenvalue weighted by molar-refractivity contribution is 7.16. The summed E-state index contributed by atoms with van der Waals surface area (Å²) in [4.78, 5) is 18.0. The smallest absolute Gasteiger partial charge is 0.225 e. The molecule has 2 N–H and O–H groups in total. The summed E-state index contributed by atoms with van der Waals surface area (Å²) in [6.45, 7) is 7.13. The minimum absolute atomic E-state index is 0.0937. The predicted octanol–water partition coefficient (Wildman–Crippen LogP) is 2.42. The molecule has 1 amide bonds. The van der Waals surface area contributed by atoms with Crippen LogP contribution < -0.4 is 5.73 Å². The first-order chi connectivity index (χ1) is 10.1. The number of hydrogen-bond acceptors (Lipinski definition) is 4. The maximum absolute atomic E-state index is 12.3. The Morgan fingerprint density at radius 2 is 2.10 bits per heavy atom. The van der Waals surface area contributed by atoms with Crippen LogP contribution in [0, 0.1) is 5.92 Å². The molecule has 1 saturated heterocycles. The lowest BCUT2D eigenvalue weighted by molar-refractivity contribution is -0.137. The molecule has 0 saturated carbocycles. The molecule has 0 radical (unpaired) electrons. The molecule has 0 aliphatic carbocycles. The summed E-state index contributed by atoms with van der Waals surface area (Å²) in [5.41, 5.74) is 5.51. The number of thiophene rings is 1. The third kappa shape index (κ3) is 4.95. The van der Waals surface area contributed by atoms with Gasteiger partial charge in [0.15, 0.2) is 0 Å². The Morgan fingerprint density at radius 3 is 2.67 bits per heavy atom. The number of amides is 1. The van der Waals surface area contributed by atoms with E-state index in [9.17, 15) is 4.79 Å². The number of hydrogen-bond donors (Lipinski definition) is 1. The van der Waals surface area contributed by atoms with Gasteiger partial charge in [-0.05, 0) is 31.5 Å². The van der Waals surface area contributed by atoms with Crippen molar-refractivity contribution in [2.75, 3.05) is 32.7 Å². The molecule has 4 nitrogen and oxygen atoms in total. The van der Waals surface area contributed by atoms with Crippen LogP contribution in [0.1, 0.15) is 24.6 Å². The molecule has 1 aliphatic heterocycles. The average Bonchev–Trinajstić information content (AvgIpc) is 2.90. The van der Waals surface area contributed by atoms with Crippen molar-refractivity contribution in [3.63, 3.8) is 0 Å². The van der Waals surface area contributed by atoms with Gasteiger partial charge in [-0.2, -0.15) is 0 Å². The van der Waals surface area contributed by atoms with Gasteiger partial charge in [-0.3, -0.25) is 9.69 Å². The van der Waals surface area contributed by atoms with Crippen LogP contribution in [0.25, 0.3) is 0 Å². The van der Waals surface area contributed by atoms with Gasteiger partial charge in [-0.25, -0.2) is 0 Å². The number of piperazine rings is 1. The number of rotatable bonds is 6. The van der Waals surface area contributed by atoms with Gasteiger partial charge in [0, 0.05) is 43.5 Å². The maximum atomic E-state index is 12.3. The Kier molecular flexibility index (Phi) is 6.48. The van der Waals surface area contributed by atoms with Crippen molar-refractivity contribution >= 4 is 28.8 Å². The molecule has 21 heavy (non-hydrogen) atoms. The van der Waals surface area contributed by atoms with E-state index in [0.717, 1.165) is 49.9 Å². The molecular formula is C15H24ClN3OS. The maximum Gasteiger partial charge on any atom is 0.225 e. The van der Waals surface area contributed by atoms with E-state index in [1.54, 1.807) is 11.3 Å². The Bertz CT molecular complexity index is 458. The van der Waals surface area contributed by atoms with Crippen molar-refractivity contribution in [2.24, 2.45) is 11.7 Å². The molecule has 1 unspecified atom stereocenters. The largest absolute Gasteiger partial charge is 0.340 e. The van der Waals surface area contributed by atoms with Crippen LogP contribution in [-0.4, -0.2) is 48.4 Å². The van der Waals surface area contributed by atoms with E-state index < -0.39 is 0 Å². The van der Waals surface area contributed by atoms with Crippen molar-refractivity contribution in [3.8, 4) is 0 Å². The lowest BCUT2D eigenvalue weighted by Crippen LogP contribution is -2.49. The zero-order chi connectivity index (χ0) is 15.2.